The molecule has 4 aliphatic carbocycles. The third-order valence-corrected chi connectivity index (χ3v) is 8.19. The summed E-state index contributed by atoms with van der Waals surface area (Å²) in [6, 6.07) is 0. The van der Waals surface area contributed by atoms with Crippen molar-refractivity contribution in [1.82, 2.24) is 0 Å². The van der Waals surface area contributed by atoms with Gasteiger partial charge in [-0.25, -0.2) is 0 Å². The number of carbonyl (C=O) groups excluding carboxylic acids is 1. The van der Waals surface area contributed by atoms with Crippen LogP contribution in [0.25, 0.3) is 0 Å². The van der Waals surface area contributed by atoms with Gasteiger partial charge in [-0.15, -0.1) is 0 Å². The minimum absolute atomic E-state index is 0.552. The van der Waals surface area contributed by atoms with E-state index in [9.17, 15) is 4.79 Å². The molecule has 0 aliphatic heterocycles. The highest BCUT2D eigenvalue weighted by Crippen LogP contribution is 2.65. The Kier molecular flexibility index (Phi) is 3.28. The molecule has 21 heavy (non-hydrogen) atoms. The van der Waals surface area contributed by atoms with Crippen LogP contribution in [0.15, 0.2) is 0 Å². The Labute approximate surface area is 130 Å². The molecule has 4 saturated carbocycles. The molecule has 1 heteroatoms. The molecule has 118 valence electrons. The Morgan fingerprint density at radius 2 is 1.90 bits per heavy atom. The number of carbonyl (C=O) groups is 1. The normalized spacial score (nSPS) is 56.5. The van der Waals surface area contributed by atoms with Crippen LogP contribution in [0.2, 0.25) is 0 Å². The first-order valence-corrected chi connectivity index (χ1v) is 9.51. The van der Waals surface area contributed by atoms with E-state index in [-0.39, 0.29) is 0 Å². The summed E-state index contributed by atoms with van der Waals surface area (Å²) in [5, 5.41) is 0. The summed E-state index contributed by atoms with van der Waals surface area (Å²) in [5.41, 5.74) is 0.645. The average Bonchev–Trinajstić information content (AvgIpc) is 2.79. The van der Waals surface area contributed by atoms with Crippen molar-refractivity contribution >= 4 is 5.78 Å². The van der Waals surface area contributed by atoms with Crippen molar-refractivity contribution in [2.45, 2.75) is 72.1 Å². The number of hydrogen-bond acceptors (Lipinski definition) is 1. The van der Waals surface area contributed by atoms with Crippen molar-refractivity contribution in [3.8, 4) is 0 Å². The van der Waals surface area contributed by atoms with E-state index < -0.39 is 0 Å². The Bertz CT molecular complexity index is 441. The van der Waals surface area contributed by atoms with Crippen LogP contribution >= 0.6 is 0 Å². The largest absolute Gasteiger partial charge is 0.300 e. The van der Waals surface area contributed by atoms with Crippen LogP contribution in [-0.2, 0) is 4.79 Å². The van der Waals surface area contributed by atoms with Gasteiger partial charge in [-0.2, -0.15) is 0 Å². The Morgan fingerprint density at radius 1 is 1.10 bits per heavy atom. The summed E-state index contributed by atoms with van der Waals surface area (Å²) in [4.78, 5) is 11.9. The van der Waals surface area contributed by atoms with Gasteiger partial charge in [-0.1, -0.05) is 27.2 Å². The van der Waals surface area contributed by atoms with E-state index in [1.54, 1.807) is 0 Å². The highest BCUT2D eigenvalue weighted by atomic mass is 16.1. The van der Waals surface area contributed by atoms with Crippen molar-refractivity contribution in [3.63, 3.8) is 0 Å². The Hall–Kier alpha value is -0.330. The molecule has 0 bridgehead atoms. The quantitative estimate of drug-likeness (QED) is 0.607. The van der Waals surface area contributed by atoms with Crippen molar-refractivity contribution in [3.05, 3.63) is 0 Å². The van der Waals surface area contributed by atoms with E-state index in [1.807, 2.05) is 0 Å². The van der Waals surface area contributed by atoms with Gasteiger partial charge >= 0.3 is 0 Å². The van der Waals surface area contributed by atoms with Gasteiger partial charge in [0.05, 0.1) is 0 Å². The molecule has 4 rings (SSSR count). The number of fused-ring (bicyclic) bond motifs is 5. The van der Waals surface area contributed by atoms with Gasteiger partial charge in [0.25, 0.3) is 0 Å². The molecule has 0 aromatic carbocycles. The zero-order valence-corrected chi connectivity index (χ0v) is 14.1. The fourth-order valence-electron chi connectivity index (χ4n) is 7.68. The summed E-state index contributed by atoms with van der Waals surface area (Å²) in [5.74, 6) is 6.80. The fraction of sp³-hybridized carbons (Fsp3) is 0.950. The SMILES string of the molecule is C[C@@H]1CC2CC(=O)CCC2C2C1C1CCC[C@@]1(C)C[C@@H]2C. The maximum absolute atomic E-state index is 11.9. The lowest BCUT2D eigenvalue weighted by molar-refractivity contribution is -0.135. The van der Waals surface area contributed by atoms with Gasteiger partial charge < -0.3 is 0 Å². The minimum Gasteiger partial charge on any atom is -0.300 e. The summed E-state index contributed by atoms with van der Waals surface area (Å²) in [6.07, 6.45) is 10.2. The van der Waals surface area contributed by atoms with Crippen molar-refractivity contribution in [1.29, 1.82) is 0 Å². The standard InChI is InChI=1S/C20H32O/c1-12-9-14-10-15(21)6-7-16(14)18-13(2)11-20(3)8-4-5-17(20)19(12)18/h12-14,16-19H,4-11H2,1-3H3/t12-,13+,14?,16?,17?,18?,19?,20+/m1/s1. The molecular weight excluding hydrogens is 256 g/mol. The maximum Gasteiger partial charge on any atom is 0.133 e. The first-order valence-electron chi connectivity index (χ1n) is 9.51. The molecule has 8 atom stereocenters. The topological polar surface area (TPSA) is 17.1 Å². The monoisotopic (exact) mass is 288 g/mol. The zero-order valence-electron chi connectivity index (χ0n) is 14.1. The molecule has 4 aliphatic rings. The van der Waals surface area contributed by atoms with Crippen LogP contribution in [-0.4, -0.2) is 5.78 Å². The van der Waals surface area contributed by atoms with Crippen LogP contribution in [0.1, 0.15) is 72.1 Å². The number of hydrogen-bond donors (Lipinski definition) is 0. The van der Waals surface area contributed by atoms with Gasteiger partial charge in [0, 0.05) is 12.8 Å². The van der Waals surface area contributed by atoms with E-state index in [2.05, 4.69) is 20.8 Å². The second-order valence-electron chi connectivity index (χ2n) is 9.41. The second kappa shape index (κ2) is 4.83. The van der Waals surface area contributed by atoms with E-state index in [0.717, 1.165) is 54.3 Å². The third kappa shape index (κ3) is 2.05. The van der Waals surface area contributed by atoms with Crippen LogP contribution in [0.5, 0.6) is 0 Å². The van der Waals surface area contributed by atoms with Crippen molar-refractivity contribution in [2.75, 3.05) is 0 Å². The smallest absolute Gasteiger partial charge is 0.133 e. The lowest BCUT2D eigenvalue weighted by Crippen LogP contribution is -2.53. The van der Waals surface area contributed by atoms with Crippen molar-refractivity contribution in [2.24, 2.45) is 46.8 Å². The first-order chi connectivity index (χ1) is 9.99. The van der Waals surface area contributed by atoms with Crippen molar-refractivity contribution < 1.29 is 4.79 Å². The third-order valence-electron chi connectivity index (χ3n) is 8.19. The molecule has 0 spiro atoms. The molecule has 0 aromatic heterocycles. The lowest BCUT2D eigenvalue weighted by Gasteiger charge is -2.59. The molecule has 0 heterocycles. The van der Waals surface area contributed by atoms with E-state index in [4.69, 9.17) is 0 Å². The Morgan fingerprint density at radius 3 is 2.71 bits per heavy atom. The van der Waals surface area contributed by atoms with Gasteiger partial charge in [0.2, 0.25) is 0 Å². The number of rotatable bonds is 0. The molecule has 0 amide bonds. The molecule has 4 fully saturated rings. The first kappa shape index (κ1) is 14.3. The highest BCUT2D eigenvalue weighted by Gasteiger charge is 2.57. The number of Topliss-reactive ketones (excluding diaryl/α,β-unsaturated/α-hetero) is 1. The molecule has 0 saturated heterocycles. The minimum atomic E-state index is 0.552. The summed E-state index contributed by atoms with van der Waals surface area (Å²) >= 11 is 0. The highest BCUT2D eigenvalue weighted by molar-refractivity contribution is 5.79. The van der Waals surface area contributed by atoms with Gasteiger partial charge in [-0.3, -0.25) is 4.79 Å². The lowest BCUT2D eigenvalue weighted by atomic mass is 9.46. The van der Waals surface area contributed by atoms with Crippen LogP contribution in [0, 0.1) is 46.8 Å². The van der Waals surface area contributed by atoms with Crippen LogP contribution in [0.4, 0.5) is 0 Å². The predicted octanol–water partition coefficient (Wildman–Crippen LogP) is 5.09. The summed E-state index contributed by atoms with van der Waals surface area (Å²) in [6.45, 7) is 7.66. The molecule has 0 radical (unpaired) electrons. The fourth-order valence-corrected chi connectivity index (χ4v) is 7.68. The van der Waals surface area contributed by atoms with Gasteiger partial charge in [-0.05, 0) is 78.9 Å². The average molecular weight is 288 g/mol. The van der Waals surface area contributed by atoms with E-state index in [0.29, 0.717) is 11.2 Å². The van der Waals surface area contributed by atoms with E-state index >= 15 is 0 Å². The summed E-state index contributed by atoms with van der Waals surface area (Å²) < 4.78 is 0. The second-order valence-corrected chi connectivity index (χ2v) is 9.41. The predicted molar refractivity (Wildman–Crippen MR) is 85.8 cm³/mol. The molecule has 0 N–H and O–H groups in total. The zero-order chi connectivity index (χ0) is 14.8. The maximum atomic E-state index is 11.9. The number of ketones is 1. The molecular formula is C20H32O. The molecule has 5 unspecified atom stereocenters. The molecule has 1 nitrogen and oxygen atoms in total. The molecule has 0 aromatic rings. The van der Waals surface area contributed by atoms with E-state index in [1.165, 1.54) is 38.5 Å². The van der Waals surface area contributed by atoms with Gasteiger partial charge in [0.1, 0.15) is 5.78 Å². The van der Waals surface area contributed by atoms with Crippen LogP contribution in [0.3, 0.4) is 0 Å². The van der Waals surface area contributed by atoms with Crippen LogP contribution < -0.4 is 0 Å². The van der Waals surface area contributed by atoms with Gasteiger partial charge in [0.15, 0.2) is 0 Å². The summed E-state index contributed by atoms with van der Waals surface area (Å²) in [7, 11) is 0. The Balaban J connectivity index is 1.67.